The number of carbonyl (C=O) groups is 1. The van der Waals surface area contributed by atoms with Gasteiger partial charge in [0.1, 0.15) is 5.56 Å². The van der Waals surface area contributed by atoms with E-state index >= 15 is 0 Å². The van der Waals surface area contributed by atoms with Gasteiger partial charge in [0.15, 0.2) is 9.84 Å². The Bertz CT molecular complexity index is 1410. The zero-order valence-corrected chi connectivity index (χ0v) is 24.5. The summed E-state index contributed by atoms with van der Waals surface area (Å²) < 4.78 is 57.8. The number of aromatic nitrogens is 2. The molecule has 0 aliphatic rings. The van der Waals surface area contributed by atoms with Crippen molar-refractivity contribution in [2.45, 2.75) is 85.4 Å². The maximum atomic E-state index is 13.9. The summed E-state index contributed by atoms with van der Waals surface area (Å²) in [5.41, 5.74) is 3.29. The molecule has 0 amide bonds. The van der Waals surface area contributed by atoms with Crippen LogP contribution >= 0.6 is 0 Å². The SMILES string of the molecule is CCC(C)S(=O)(=O)Oc1c(C(=O)c2ccc(S(C)(=O)=O)c(C(C)=C(C)C)c2C)c(C)nn1CC(C)C. The van der Waals surface area contributed by atoms with Crippen molar-refractivity contribution in [1.82, 2.24) is 9.78 Å². The van der Waals surface area contributed by atoms with Crippen LogP contribution in [0.2, 0.25) is 0 Å². The fourth-order valence-corrected chi connectivity index (χ4v) is 5.82. The third-order valence-corrected chi connectivity index (χ3v) is 9.15. The van der Waals surface area contributed by atoms with Crippen LogP contribution in [0.5, 0.6) is 5.88 Å². The van der Waals surface area contributed by atoms with Crippen LogP contribution in [0.25, 0.3) is 5.57 Å². The minimum absolute atomic E-state index is 0.0542. The highest BCUT2D eigenvalue weighted by molar-refractivity contribution is 7.90. The summed E-state index contributed by atoms with van der Waals surface area (Å²) >= 11 is 0. The lowest BCUT2D eigenvalue weighted by molar-refractivity contribution is 0.103. The van der Waals surface area contributed by atoms with Crippen LogP contribution < -0.4 is 4.18 Å². The first kappa shape index (κ1) is 29.8. The van der Waals surface area contributed by atoms with E-state index in [-0.39, 0.29) is 27.8 Å². The van der Waals surface area contributed by atoms with Crippen molar-refractivity contribution in [1.29, 1.82) is 0 Å². The molecule has 1 atom stereocenters. The average Bonchev–Trinajstić information content (AvgIpc) is 3.04. The number of rotatable bonds is 10. The number of aryl methyl sites for hydroxylation is 1. The summed E-state index contributed by atoms with van der Waals surface area (Å²) in [7, 11) is -7.59. The molecule has 0 saturated heterocycles. The summed E-state index contributed by atoms with van der Waals surface area (Å²) in [4.78, 5) is 14.1. The molecule has 2 aromatic rings. The predicted molar refractivity (Wildman–Crippen MR) is 143 cm³/mol. The number of nitrogens with zero attached hydrogens (tertiary/aromatic N) is 2. The van der Waals surface area contributed by atoms with E-state index in [9.17, 15) is 21.6 Å². The Labute approximate surface area is 215 Å². The third-order valence-electron chi connectivity index (χ3n) is 6.30. The molecule has 0 bridgehead atoms. The number of hydrogen-bond acceptors (Lipinski definition) is 7. The van der Waals surface area contributed by atoms with Gasteiger partial charge >= 0.3 is 10.1 Å². The van der Waals surface area contributed by atoms with Crippen LogP contribution in [0.3, 0.4) is 0 Å². The van der Waals surface area contributed by atoms with Crippen LogP contribution in [-0.4, -0.2) is 43.9 Å². The van der Waals surface area contributed by atoms with Gasteiger partial charge in [0, 0.05) is 18.4 Å². The van der Waals surface area contributed by atoms with Crippen LogP contribution in [0, 0.1) is 19.8 Å². The van der Waals surface area contributed by atoms with Gasteiger partial charge in [0.05, 0.1) is 15.8 Å². The molecule has 0 saturated carbocycles. The zero-order chi connectivity index (χ0) is 27.7. The number of ketones is 1. The minimum Gasteiger partial charge on any atom is -0.361 e. The van der Waals surface area contributed by atoms with E-state index in [0.29, 0.717) is 29.8 Å². The van der Waals surface area contributed by atoms with Crippen molar-refractivity contribution < 1.29 is 25.8 Å². The molecule has 8 nitrogen and oxygen atoms in total. The lowest BCUT2D eigenvalue weighted by atomic mass is 9.91. The highest BCUT2D eigenvalue weighted by Gasteiger charge is 2.32. The molecule has 1 aromatic carbocycles. The Hall–Kier alpha value is -2.46. The van der Waals surface area contributed by atoms with Gasteiger partial charge in [-0.2, -0.15) is 13.5 Å². The number of benzene rings is 1. The lowest BCUT2D eigenvalue weighted by Crippen LogP contribution is -2.25. The number of hydrogen-bond donors (Lipinski definition) is 0. The molecular weight excluding hydrogens is 500 g/mol. The van der Waals surface area contributed by atoms with Crippen LogP contribution in [0.1, 0.15) is 87.6 Å². The Kier molecular flexibility index (Phi) is 9.00. The van der Waals surface area contributed by atoms with E-state index in [4.69, 9.17) is 4.18 Å². The molecule has 0 radical (unpaired) electrons. The lowest BCUT2D eigenvalue weighted by Gasteiger charge is -2.18. The highest BCUT2D eigenvalue weighted by atomic mass is 32.2. The van der Waals surface area contributed by atoms with E-state index in [1.54, 1.807) is 27.7 Å². The second kappa shape index (κ2) is 10.9. The van der Waals surface area contributed by atoms with E-state index in [2.05, 4.69) is 5.10 Å². The number of carbonyl (C=O) groups excluding carboxylic acids is 1. The van der Waals surface area contributed by atoms with Crippen molar-refractivity contribution in [3.63, 3.8) is 0 Å². The topological polar surface area (TPSA) is 112 Å². The molecule has 2 rings (SSSR count). The molecule has 1 heterocycles. The Balaban J connectivity index is 2.86. The Morgan fingerprint density at radius 1 is 1.03 bits per heavy atom. The summed E-state index contributed by atoms with van der Waals surface area (Å²) in [5, 5.41) is 3.67. The first-order chi connectivity index (χ1) is 16.4. The zero-order valence-electron chi connectivity index (χ0n) is 22.9. The molecule has 0 spiro atoms. The maximum absolute atomic E-state index is 13.9. The van der Waals surface area contributed by atoms with E-state index < -0.39 is 31.0 Å². The summed E-state index contributed by atoms with van der Waals surface area (Å²) in [6.07, 6.45) is 1.48. The minimum atomic E-state index is -4.02. The van der Waals surface area contributed by atoms with Gasteiger partial charge < -0.3 is 4.18 Å². The van der Waals surface area contributed by atoms with Gasteiger partial charge in [0.25, 0.3) is 0 Å². The molecule has 1 aromatic heterocycles. The molecule has 10 heteroatoms. The van der Waals surface area contributed by atoms with E-state index in [1.165, 1.54) is 16.8 Å². The molecule has 200 valence electrons. The first-order valence-corrected chi connectivity index (χ1v) is 15.3. The Morgan fingerprint density at radius 3 is 2.08 bits per heavy atom. The van der Waals surface area contributed by atoms with Gasteiger partial charge in [-0.05, 0) is 82.7 Å². The summed E-state index contributed by atoms with van der Waals surface area (Å²) in [6, 6.07) is 2.91. The number of sulfone groups is 1. The molecule has 36 heavy (non-hydrogen) atoms. The van der Waals surface area contributed by atoms with Crippen molar-refractivity contribution in [3.05, 3.63) is 45.7 Å². The van der Waals surface area contributed by atoms with Gasteiger partial charge in [-0.3, -0.25) is 4.79 Å². The molecule has 0 N–H and O–H groups in total. The van der Waals surface area contributed by atoms with Crippen molar-refractivity contribution in [2.75, 3.05) is 6.26 Å². The predicted octanol–water partition coefficient (Wildman–Crippen LogP) is 5.11. The molecule has 0 fully saturated rings. The van der Waals surface area contributed by atoms with E-state index in [1.807, 2.05) is 34.6 Å². The smallest absolute Gasteiger partial charge is 0.313 e. The van der Waals surface area contributed by atoms with Crippen molar-refractivity contribution in [3.8, 4) is 5.88 Å². The van der Waals surface area contributed by atoms with Gasteiger partial charge in [-0.15, -0.1) is 0 Å². The highest BCUT2D eigenvalue weighted by Crippen LogP contribution is 2.34. The Morgan fingerprint density at radius 2 is 1.61 bits per heavy atom. The van der Waals surface area contributed by atoms with Gasteiger partial charge in [-0.25, -0.2) is 13.1 Å². The number of allylic oxidation sites excluding steroid dienone is 2. The van der Waals surface area contributed by atoms with Crippen molar-refractivity contribution >= 4 is 31.3 Å². The van der Waals surface area contributed by atoms with Crippen LogP contribution in [-0.2, 0) is 26.5 Å². The first-order valence-electron chi connectivity index (χ1n) is 12.0. The molecule has 0 aliphatic heterocycles. The maximum Gasteiger partial charge on any atom is 0.313 e. The molecule has 1 unspecified atom stereocenters. The fraction of sp³-hybridized carbons (Fsp3) is 0.538. The van der Waals surface area contributed by atoms with E-state index in [0.717, 1.165) is 17.4 Å². The standard InChI is InChI=1S/C26H38N2O6S2/c1-11-17(6)36(32,33)34-26-24(20(9)27-28(26)14-15(2)3)25(29)21-12-13-22(35(10,30)31)23(19(21)8)18(7)16(4)5/h12-13,15,17H,11,14H2,1-10H3. The quantitative estimate of drug-likeness (QED) is 0.305. The van der Waals surface area contributed by atoms with Gasteiger partial charge in [-0.1, -0.05) is 26.3 Å². The second-order valence-corrected chi connectivity index (χ2v) is 13.9. The van der Waals surface area contributed by atoms with Crippen LogP contribution in [0.15, 0.2) is 22.6 Å². The van der Waals surface area contributed by atoms with Crippen LogP contribution in [0.4, 0.5) is 0 Å². The largest absolute Gasteiger partial charge is 0.361 e. The summed E-state index contributed by atoms with van der Waals surface area (Å²) in [5.74, 6) is -0.473. The molecule has 0 aliphatic carbocycles. The average molecular weight is 539 g/mol. The molecular formula is C26H38N2O6S2. The normalized spacial score (nSPS) is 13.1. The summed E-state index contributed by atoms with van der Waals surface area (Å²) in [6.45, 7) is 16.5. The third kappa shape index (κ3) is 6.08. The van der Waals surface area contributed by atoms with Crippen molar-refractivity contribution in [2.24, 2.45) is 5.92 Å². The second-order valence-electron chi connectivity index (χ2n) is 9.97. The monoisotopic (exact) mass is 538 g/mol. The fourth-order valence-electron chi connectivity index (χ4n) is 3.86. The van der Waals surface area contributed by atoms with Gasteiger partial charge in [0.2, 0.25) is 11.7 Å².